The van der Waals surface area contributed by atoms with Crippen molar-refractivity contribution in [2.24, 2.45) is 0 Å². The summed E-state index contributed by atoms with van der Waals surface area (Å²) in [6.45, 7) is 0. The molecular formula is C8H5BrN2O. The van der Waals surface area contributed by atoms with Crippen molar-refractivity contribution in [3.05, 3.63) is 39.5 Å². The zero-order chi connectivity index (χ0) is 8.55. The van der Waals surface area contributed by atoms with Crippen LogP contribution >= 0.6 is 15.9 Å². The van der Waals surface area contributed by atoms with Crippen LogP contribution in [0.2, 0.25) is 0 Å². The lowest BCUT2D eigenvalue weighted by atomic mass is 10.2. The molecule has 0 fully saturated rings. The van der Waals surface area contributed by atoms with Gasteiger partial charge in [0.05, 0.1) is 5.39 Å². The van der Waals surface area contributed by atoms with Crippen molar-refractivity contribution in [2.75, 3.05) is 0 Å². The highest BCUT2D eigenvalue weighted by atomic mass is 79.9. The third kappa shape index (κ3) is 1.14. The molecule has 60 valence electrons. The Bertz CT molecular complexity index is 478. The summed E-state index contributed by atoms with van der Waals surface area (Å²) in [5.74, 6) is 0. The van der Waals surface area contributed by atoms with Crippen LogP contribution in [0.15, 0.2) is 33.9 Å². The predicted molar refractivity (Wildman–Crippen MR) is 50.1 cm³/mol. The molecule has 12 heavy (non-hydrogen) atoms. The van der Waals surface area contributed by atoms with Crippen LogP contribution in [0.3, 0.4) is 0 Å². The van der Waals surface area contributed by atoms with E-state index >= 15 is 0 Å². The fraction of sp³-hybridized carbons (Fsp3) is 0. The third-order valence-electron chi connectivity index (χ3n) is 1.62. The summed E-state index contributed by atoms with van der Waals surface area (Å²) >= 11 is 3.23. The van der Waals surface area contributed by atoms with Gasteiger partial charge in [0.15, 0.2) is 0 Å². The maximum absolute atomic E-state index is 11.2. The second-order valence-electron chi connectivity index (χ2n) is 2.40. The van der Waals surface area contributed by atoms with Gasteiger partial charge >= 0.3 is 0 Å². The maximum Gasteiger partial charge on any atom is 0.257 e. The minimum absolute atomic E-state index is 0.104. The predicted octanol–water partition coefficient (Wildman–Crippen LogP) is 1.69. The highest BCUT2D eigenvalue weighted by molar-refractivity contribution is 9.10. The highest BCUT2D eigenvalue weighted by Crippen LogP contribution is 2.12. The fourth-order valence-corrected chi connectivity index (χ4v) is 1.41. The maximum atomic E-state index is 11.2. The second kappa shape index (κ2) is 2.71. The molecule has 0 spiro atoms. The molecule has 3 nitrogen and oxygen atoms in total. The van der Waals surface area contributed by atoms with Gasteiger partial charge in [-0.1, -0.05) is 0 Å². The molecule has 2 rings (SSSR count). The van der Waals surface area contributed by atoms with E-state index in [2.05, 4.69) is 25.9 Å². The summed E-state index contributed by atoms with van der Waals surface area (Å²) in [5.41, 5.74) is -0.104. The Labute approximate surface area is 76.6 Å². The van der Waals surface area contributed by atoms with Crippen LogP contribution in [0.25, 0.3) is 10.8 Å². The molecule has 0 aliphatic heterocycles. The average molecular weight is 225 g/mol. The van der Waals surface area contributed by atoms with Gasteiger partial charge in [0.1, 0.15) is 4.60 Å². The summed E-state index contributed by atoms with van der Waals surface area (Å²) in [6.07, 6.45) is 3.18. The van der Waals surface area contributed by atoms with E-state index in [0.717, 1.165) is 9.99 Å². The van der Waals surface area contributed by atoms with Gasteiger partial charge < -0.3 is 4.98 Å². The zero-order valence-corrected chi connectivity index (χ0v) is 7.63. The monoisotopic (exact) mass is 224 g/mol. The van der Waals surface area contributed by atoms with E-state index < -0.39 is 0 Å². The van der Waals surface area contributed by atoms with Gasteiger partial charge in [-0.25, -0.2) is 4.98 Å². The molecule has 2 aromatic rings. The van der Waals surface area contributed by atoms with Crippen molar-refractivity contribution in [1.82, 2.24) is 9.97 Å². The van der Waals surface area contributed by atoms with Gasteiger partial charge in [0, 0.05) is 12.4 Å². The Morgan fingerprint density at radius 3 is 3.17 bits per heavy atom. The number of hydrogen-bond donors (Lipinski definition) is 1. The van der Waals surface area contributed by atoms with Gasteiger partial charge in [-0.05, 0) is 33.4 Å². The molecule has 4 heteroatoms. The topological polar surface area (TPSA) is 45.8 Å². The van der Waals surface area contributed by atoms with Crippen LogP contribution in [0, 0.1) is 0 Å². The third-order valence-corrected chi connectivity index (χ3v) is 2.06. The van der Waals surface area contributed by atoms with Gasteiger partial charge in [0.25, 0.3) is 5.56 Å². The first-order valence-electron chi connectivity index (χ1n) is 3.40. The van der Waals surface area contributed by atoms with Gasteiger partial charge in [-0.2, -0.15) is 0 Å². The molecule has 0 amide bonds. The van der Waals surface area contributed by atoms with Crippen molar-refractivity contribution >= 4 is 26.7 Å². The normalized spacial score (nSPS) is 10.4. The molecule has 0 saturated carbocycles. The Kier molecular flexibility index (Phi) is 1.69. The summed E-state index contributed by atoms with van der Waals surface area (Å²) in [7, 11) is 0. The number of hydrogen-bond acceptors (Lipinski definition) is 2. The Hall–Kier alpha value is -1.16. The van der Waals surface area contributed by atoms with Crippen LogP contribution in [-0.4, -0.2) is 9.97 Å². The molecule has 0 unspecified atom stereocenters. The number of pyridine rings is 2. The SMILES string of the molecule is O=c1[nH]ccc2cc(Br)ncc12. The summed E-state index contributed by atoms with van der Waals surface area (Å²) in [4.78, 5) is 17.7. The van der Waals surface area contributed by atoms with Gasteiger partial charge in [-0.3, -0.25) is 4.79 Å². The largest absolute Gasteiger partial charge is 0.329 e. The van der Waals surface area contributed by atoms with Crippen molar-refractivity contribution in [2.45, 2.75) is 0 Å². The first-order chi connectivity index (χ1) is 5.77. The molecule has 0 radical (unpaired) electrons. The van der Waals surface area contributed by atoms with Gasteiger partial charge in [0.2, 0.25) is 0 Å². The van der Waals surface area contributed by atoms with Crippen molar-refractivity contribution in [1.29, 1.82) is 0 Å². The van der Waals surface area contributed by atoms with E-state index in [-0.39, 0.29) is 5.56 Å². The minimum atomic E-state index is -0.104. The first kappa shape index (κ1) is 7.49. The molecule has 0 saturated heterocycles. The molecule has 0 aromatic carbocycles. The number of nitrogens with one attached hydrogen (secondary N) is 1. The molecule has 0 aliphatic carbocycles. The van der Waals surface area contributed by atoms with Crippen LogP contribution in [0.1, 0.15) is 0 Å². The zero-order valence-electron chi connectivity index (χ0n) is 6.04. The molecule has 0 atom stereocenters. The van der Waals surface area contributed by atoms with E-state index in [1.54, 1.807) is 12.4 Å². The van der Waals surface area contributed by atoms with Crippen LogP contribution in [-0.2, 0) is 0 Å². The van der Waals surface area contributed by atoms with Crippen LogP contribution in [0.5, 0.6) is 0 Å². The lowest BCUT2D eigenvalue weighted by molar-refractivity contribution is 1.24. The Morgan fingerprint density at radius 2 is 2.33 bits per heavy atom. The van der Waals surface area contributed by atoms with Crippen molar-refractivity contribution in [3.8, 4) is 0 Å². The number of rotatable bonds is 0. The smallest absolute Gasteiger partial charge is 0.257 e. The lowest BCUT2D eigenvalue weighted by Gasteiger charge is -1.94. The number of fused-ring (bicyclic) bond motifs is 1. The number of H-pyrrole nitrogens is 1. The Morgan fingerprint density at radius 1 is 1.50 bits per heavy atom. The molecule has 1 N–H and O–H groups in total. The molecule has 0 bridgehead atoms. The van der Waals surface area contributed by atoms with Crippen LogP contribution < -0.4 is 5.56 Å². The van der Waals surface area contributed by atoms with E-state index in [0.29, 0.717) is 5.39 Å². The number of halogens is 1. The van der Waals surface area contributed by atoms with Gasteiger partial charge in [-0.15, -0.1) is 0 Å². The summed E-state index contributed by atoms with van der Waals surface area (Å²) in [6, 6.07) is 3.65. The van der Waals surface area contributed by atoms with E-state index in [9.17, 15) is 4.79 Å². The van der Waals surface area contributed by atoms with Crippen LogP contribution in [0.4, 0.5) is 0 Å². The standard InChI is InChI=1S/C8H5BrN2O/c9-7-3-5-1-2-10-8(12)6(5)4-11-7/h1-4H,(H,10,12). The number of nitrogens with zero attached hydrogens (tertiary/aromatic N) is 1. The summed E-state index contributed by atoms with van der Waals surface area (Å²) < 4.78 is 0.737. The fourth-order valence-electron chi connectivity index (χ4n) is 1.06. The van der Waals surface area contributed by atoms with E-state index in [1.165, 1.54) is 0 Å². The molecular weight excluding hydrogens is 220 g/mol. The second-order valence-corrected chi connectivity index (χ2v) is 3.21. The number of aromatic nitrogens is 2. The molecule has 0 aliphatic rings. The van der Waals surface area contributed by atoms with Crippen molar-refractivity contribution < 1.29 is 0 Å². The number of aromatic amines is 1. The average Bonchev–Trinajstić information content (AvgIpc) is 2.04. The minimum Gasteiger partial charge on any atom is -0.329 e. The molecule has 2 aromatic heterocycles. The lowest BCUT2D eigenvalue weighted by Crippen LogP contribution is -2.04. The summed E-state index contributed by atoms with van der Waals surface area (Å²) in [5, 5.41) is 1.50. The first-order valence-corrected chi connectivity index (χ1v) is 4.19. The quantitative estimate of drug-likeness (QED) is 0.693. The van der Waals surface area contributed by atoms with Crippen molar-refractivity contribution in [3.63, 3.8) is 0 Å². The highest BCUT2D eigenvalue weighted by Gasteiger charge is 1.97. The van der Waals surface area contributed by atoms with E-state index in [4.69, 9.17) is 0 Å². The Balaban J connectivity index is 2.96. The van der Waals surface area contributed by atoms with E-state index in [1.807, 2.05) is 12.1 Å². The molecule has 2 heterocycles.